The molecule has 220 valence electrons. The van der Waals surface area contributed by atoms with E-state index in [0.717, 1.165) is 17.1 Å². The van der Waals surface area contributed by atoms with Crippen LogP contribution >= 0.6 is 0 Å². The van der Waals surface area contributed by atoms with Gasteiger partial charge >= 0.3 is 0 Å². The van der Waals surface area contributed by atoms with Gasteiger partial charge in [0.2, 0.25) is 0 Å². The molecule has 0 fully saturated rings. The maximum atomic E-state index is 2.38. The lowest BCUT2D eigenvalue weighted by atomic mass is 9.93. The number of benzene rings is 8. The van der Waals surface area contributed by atoms with Gasteiger partial charge in [0.05, 0.1) is 0 Å². The normalized spacial score (nSPS) is 11.4. The van der Waals surface area contributed by atoms with Gasteiger partial charge in [-0.3, -0.25) is 0 Å². The van der Waals surface area contributed by atoms with E-state index in [4.69, 9.17) is 0 Å². The number of hydrogen-bond acceptors (Lipinski definition) is 1. The maximum absolute atomic E-state index is 2.38. The number of hydrogen-bond donors (Lipinski definition) is 0. The molecule has 9 rings (SSSR count). The standard InChI is InChI=1S/C46H31N/c1-3-11-32(12-4-1)34-21-25-37(26-22-34)47(38-27-23-35(24-28-38)33-13-5-2-6-14-33)39-29-30-42-44-20-10-16-36-15-9-19-43(46(36)44)40-17-7-8-18-41(40)45(42)31-39/h1-31H. The first-order valence-electron chi connectivity index (χ1n) is 16.2. The maximum Gasteiger partial charge on any atom is 0.0468 e. The summed E-state index contributed by atoms with van der Waals surface area (Å²) in [7, 11) is 0. The van der Waals surface area contributed by atoms with Crippen LogP contribution in [-0.2, 0) is 0 Å². The molecule has 0 saturated heterocycles. The van der Waals surface area contributed by atoms with Crippen LogP contribution in [0.3, 0.4) is 0 Å². The van der Waals surface area contributed by atoms with Crippen LogP contribution in [0.1, 0.15) is 0 Å². The molecule has 0 N–H and O–H groups in total. The summed E-state index contributed by atoms with van der Waals surface area (Å²) < 4.78 is 0. The van der Waals surface area contributed by atoms with Crippen molar-refractivity contribution in [1.82, 2.24) is 0 Å². The van der Waals surface area contributed by atoms with Crippen molar-refractivity contribution in [3.8, 4) is 55.6 Å². The fourth-order valence-electron chi connectivity index (χ4n) is 7.19. The topological polar surface area (TPSA) is 3.24 Å². The molecule has 8 aromatic rings. The van der Waals surface area contributed by atoms with Crippen molar-refractivity contribution in [3.63, 3.8) is 0 Å². The molecule has 47 heavy (non-hydrogen) atoms. The summed E-state index contributed by atoms with van der Waals surface area (Å²) in [6.45, 7) is 0. The molecule has 0 saturated carbocycles. The summed E-state index contributed by atoms with van der Waals surface area (Å²) in [4.78, 5) is 2.38. The van der Waals surface area contributed by atoms with E-state index in [-0.39, 0.29) is 0 Å². The van der Waals surface area contributed by atoms with Gasteiger partial charge in [-0.2, -0.15) is 0 Å². The number of nitrogens with zero attached hydrogens (tertiary/aromatic N) is 1. The van der Waals surface area contributed by atoms with Gasteiger partial charge in [0.25, 0.3) is 0 Å². The van der Waals surface area contributed by atoms with Gasteiger partial charge < -0.3 is 4.90 Å². The van der Waals surface area contributed by atoms with E-state index in [9.17, 15) is 0 Å². The van der Waals surface area contributed by atoms with Crippen molar-refractivity contribution >= 4 is 27.8 Å². The molecule has 8 aromatic carbocycles. The van der Waals surface area contributed by atoms with Crippen LogP contribution < -0.4 is 4.90 Å². The summed E-state index contributed by atoms with van der Waals surface area (Å²) in [5, 5.41) is 2.59. The Labute approximate surface area is 275 Å². The first kappa shape index (κ1) is 27.2. The fourth-order valence-corrected chi connectivity index (χ4v) is 7.19. The minimum Gasteiger partial charge on any atom is -0.310 e. The van der Waals surface area contributed by atoms with E-state index in [1.165, 1.54) is 66.4 Å². The van der Waals surface area contributed by atoms with E-state index < -0.39 is 0 Å². The van der Waals surface area contributed by atoms with Crippen molar-refractivity contribution in [2.75, 3.05) is 4.90 Å². The van der Waals surface area contributed by atoms with Gasteiger partial charge in [0, 0.05) is 17.1 Å². The third kappa shape index (κ3) is 4.72. The molecule has 1 heteroatoms. The van der Waals surface area contributed by atoms with Gasteiger partial charge in [-0.15, -0.1) is 0 Å². The Bertz CT molecular complexity index is 2280. The highest BCUT2D eigenvalue weighted by molar-refractivity contribution is 6.13. The fraction of sp³-hybridized carbons (Fsp3) is 0. The van der Waals surface area contributed by atoms with Crippen molar-refractivity contribution in [2.45, 2.75) is 0 Å². The molecule has 0 radical (unpaired) electrons. The molecule has 0 aromatic heterocycles. The number of fused-ring (bicyclic) bond motifs is 5. The zero-order valence-electron chi connectivity index (χ0n) is 25.8. The molecule has 0 heterocycles. The Balaban J connectivity index is 1.23. The van der Waals surface area contributed by atoms with Crippen molar-refractivity contribution in [3.05, 3.63) is 188 Å². The van der Waals surface area contributed by atoms with Crippen LogP contribution in [0, 0.1) is 0 Å². The van der Waals surface area contributed by atoms with E-state index in [0.29, 0.717) is 0 Å². The largest absolute Gasteiger partial charge is 0.310 e. The van der Waals surface area contributed by atoms with Crippen molar-refractivity contribution < 1.29 is 0 Å². The Hall–Kier alpha value is -6.18. The first-order valence-corrected chi connectivity index (χ1v) is 16.2. The lowest BCUT2D eigenvalue weighted by Gasteiger charge is -2.27. The average Bonchev–Trinajstić information content (AvgIpc) is 3.27. The van der Waals surface area contributed by atoms with E-state index in [1.54, 1.807) is 0 Å². The highest BCUT2D eigenvalue weighted by atomic mass is 15.1. The van der Waals surface area contributed by atoms with Crippen molar-refractivity contribution in [1.29, 1.82) is 0 Å². The van der Waals surface area contributed by atoms with E-state index in [2.05, 4.69) is 193 Å². The highest BCUT2D eigenvalue weighted by Gasteiger charge is 2.23. The Morgan fingerprint density at radius 2 is 0.660 bits per heavy atom. The van der Waals surface area contributed by atoms with Crippen LogP contribution in [0.15, 0.2) is 188 Å². The highest BCUT2D eigenvalue weighted by Crippen LogP contribution is 2.49. The molecular weight excluding hydrogens is 567 g/mol. The molecule has 1 aliphatic carbocycles. The summed E-state index contributed by atoms with van der Waals surface area (Å²) in [5.41, 5.74) is 15.8. The Kier molecular flexibility index (Phi) is 6.54. The third-order valence-electron chi connectivity index (χ3n) is 9.43. The van der Waals surface area contributed by atoms with Gasteiger partial charge in [-0.1, -0.05) is 152 Å². The second-order valence-electron chi connectivity index (χ2n) is 12.1. The smallest absolute Gasteiger partial charge is 0.0468 e. The molecule has 0 spiro atoms. The van der Waals surface area contributed by atoms with Crippen LogP contribution in [0.2, 0.25) is 0 Å². The zero-order chi connectivity index (χ0) is 31.2. The van der Waals surface area contributed by atoms with Gasteiger partial charge in [-0.05, 0) is 103 Å². The molecule has 0 amide bonds. The summed E-state index contributed by atoms with van der Waals surface area (Å²) in [6.07, 6.45) is 0. The molecule has 0 unspecified atom stereocenters. The number of anilines is 3. The molecule has 1 aliphatic rings. The van der Waals surface area contributed by atoms with Crippen LogP contribution in [-0.4, -0.2) is 0 Å². The minimum atomic E-state index is 1.12. The molecular formula is C46H31N. The lowest BCUT2D eigenvalue weighted by Crippen LogP contribution is -2.10. The average molecular weight is 598 g/mol. The minimum absolute atomic E-state index is 1.12. The second-order valence-corrected chi connectivity index (χ2v) is 12.1. The quantitative estimate of drug-likeness (QED) is 0.191. The van der Waals surface area contributed by atoms with Gasteiger partial charge in [-0.25, -0.2) is 0 Å². The predicted octanol–water partition coefficient (Wildman–Crippen LogP) is 13.0. The zero-order valence-corrected chi connectivity index (χ0v) is 25.8. The summed E-state index contributed by atoms with van der Waals surface area (Å²) >= 11 is 0. The van der Waals surface area contributed by atoms with E-state index >= 15 is 0 Å². The summed E-state index contributed by atoms with van der Waals surface area (Å²) in [5.74, 6) is 0. The molecule has 0 atom stereocenters. The van der Waals surface area contributed by atoms with E-state index in [1.807, 2.05) is 0 Å². The van der Waals surface area contributed by atoms with Crippen LogP contribution in [0.5, 0.6) is 0 Å². The molecule has 0 aliphatic heterocycles. The second kappa shape index (κ2) is 11.3. The summed E-state index contributed by atoms with van der Waals surface area (Å²) in [6, 6.07) is 68.2. The SMILES string of the molecule is c1ccc(-c2ccc(N(c3ccc(-c4ccccc4)cc3)c3ccc4c(c3)-c3ccccc3-c3cccc5cccc-4c35)cc2)cc1. The molecule has 0 bridgehead atoms. The lowest BCUT2D eigenvalue weighted by molar-refractivity contribution is 1.28. The monoisotopic (exact) mass is 597 g/mol. The number of rotatable bonds is 5. The van der Waals surface area contributed by atoms with Gasteiger partial charge in [0.15, 0.2) is 0 Å². The Morgan fingerprint density at radius 1 is 0.255 bits per heavy atom. The van der Waals surface area contributed by atoms with Gasteiger partial charge in [0.1, 0.15) is 0 Å². The molecule has 1 nitrogen and oxygen atoms in total. The predicted molar refractivity (Wildman–Crippen MR) is 199 cm³/mol. The third-order valence-corrected chi connectivity index (χ3v) is 9.43. The van der Waals surface area contributed by atoms with Crippen molar-refractivity contribution in [2.24, 2.45) is 0 Å². The van der Waals surface area contributed by atoms with Crippen LogP contribution in [0.4, 0.5) is 17.1 Å². The van der Waals surface area contributed by atoms with Crippen LogP contribution in [0.25, 0.3) is 66.4 Å². The Morgan fingerprint density at radius 3 is 1.19 bits per heavy atom. The first-order chi connectivity index (χ1) is 23.3.